The molecule has 1 aliphatic rings. The van der Waals surface area contributed by atoms with Gasteiger partial charge in [-0.3, -0.25) is 18.9 Å². The second-order valence-electron chi connectivity index (χ2n) is 10.9. The largest absolute Gasteiger partial charge is 0.324 e. The molecule has 0 radical (unpaired) electrons. The average Bonchev–Trinajstić information content (AvgIpc) is 3.67. The van der Waals surface area contributed by atoms with Crippen LogP contribution in [0.5, 0.6) is 0 Å². The smallest absolute Gasteiger partial charge is 0.257 e. The first-order valence-corrected chi connectivity index (χ1v) is 16.2. The van der Waals surface area contributed by atoms with Crippen LogP contribution >= 0.6 is 22.9 Å². The number of rotatable bonds is 8. The van der Waals surface area contributed by atoms with Crippen molar-refractivity contribution in [3.8, 4) is 22.6 Å². The maximum atomic E-state index is 13.5. The van der Waals surface area contributed by atoms with Gasteiger partial charge in [0.2, 0.25) is 11.9 Å². The third kappa shape index (κ3) is 6.30. The summed E-state index contributed by atoms with van der Waals surface area (Å²) in [6, 6.07) is 20.4. The highest BCUT2D eigenvalue weighted by Crippen LogP contribution is 2.35. The zero-order valence-electron chi connectivity index (χ0n) is 25.2. The van der Waals surface area contributed by atoms with Crippen LogP contribution in [0, 0.1) is 5.82 Å². The van der Waals surface area contributed by atoms with Crippen molar-refractivity contribution in [3.05, 3.63) is 107 Å². The molecule has 1 fully saturated rings. The normalized spacial score (nSPS) is 13.7. The summed E-state index contributed by atoms with van der Waals surface area (Å²) >= 11 is 7.61. The Hall–Kier alpha value is -5.17. The van der Waals surface area contributed by atoms with Crippen molar-refractivity contribution in [1.29, 1.82) is 0 Å². The van der Waals surface area contributed by atoms with Crippen molar-refractivity contribution in [2.45, 2.75) is 6.92 Å². The molecule has 0 saturated carbocycles. The number of thiazole rings is 1. The van der Waals surface area contributed by atoms with Gasteiger partial charge in [0.15, 0.2) is 4.96 Å². The molecule has 13 heteroatoms. The number of carbonyl (C=O) groups excluding carboxylic acids is 2. The summed E-state index contributed by atoms with van der Waals surface area (Å²) in [5.41, 5.74) is 5.17. The van der Waals surface area contributed by atoms with Crippen LogP contribution in [0.15, 0.2) is 90.6 Å². The van der Waals surface area contributed by atoms with E-state index in [4.69, 9.17) is 21.6 Å². The van der Waals surface area contributed by atoms with Gasteiger partial charge in [0.1, 0.15) is 11.5 Å². The number of nitrogens with zero attached hydrogens (tertiary/aromatic N) is 6. The Morgan fingerprint density at radius 2 is 1.87 bits per heavy atom. The molecule has 3 aromatic carbocycles. The molecule has 10 nitrogen and oxygen atoms in total. The van der Waals surface area contributed by atoms with Gasteiger partial charge in [-0.1, -0.05) is 30.7 Å². The Bertz CT molecular complexity index is 2120. The Labute approximate surface area is 278 Å². The van der Waals surface area contributed by atoms with E-state index in [9.17, 15) is 14.0 Å². The number of halogens is 2. The minimum absolute atomic E-state index is 0.0277. The molecule has 6 aromatic rings. The molecule has 0 bridgehead atoms. The molecule has 1 saturated heterocycles. The van der Waals surface area contributed by atoms with Gasteiger partial charge in [-0.15, -0.1) is 11.3 Å². The maximum absolute atomic E-state index is 13.5. The number of fused-ring (bicyclic) bond motifs is 1. The lowest BCUT2D eigenvalue weighted by atomic mass is 10.1. The summed E-state index contributed by atoms with van der Waals surface area (Å²) in [4.78, 5) is 44.5. The van der Waals surface area contributed by atoms with E-state index in [1.54, 1.807) is 12.3 Å². The first-order valence-electron chi connectivity index (χ1n) is 14.9. The van der Waals surface area contributed by atoms with Crippen LogP contribution in [-0.2, 0) is 4.79 Å². The van der Waals surface area contributed by atoms with E-state index >= 15 is 0 Å². The lowest BCUT2D eigenvalue weighted by molar-refractivity contribution is -0.121. The summed E-state index contributed by atoms with van der Waals surface area (Å²) < 4.78 is 15.5. The standard InChI is InChI=1S/C34H28ClFN8O2S/c1-2-42-14-15-43(29(45)20-42)25-9-7-23(8-10-25)39-33-37-13-12-28(40-33)31-30(41-34-44(31)16-17-47-34)21-4-3-5-24(18-21)38-32(46)26-11-6-22(36)19-27(26)35/h3-13,16-19H,2,14-15,20H2,1H3,(H,38,46)(H,37,39,40). The van der Waals surface area contributed by atoms with Crippen LogP contribution in [-0.4, -0.2) is 62.2 Å². The van der Waals surface area contributed by atoms with E-state index in [2.05, 4.69) is 27.4 Å². The topological polar surface area (TPSA) is 108 Å². The fraction of sp³-hybridized carbons (Fsp3) is 0.147. The molecule has 0 aliphatic carbocycles. The number of aromatic nitrogens is 4. The minimum atomic E-state index is -0.518. The van der Waals surface area contributed by atoms with E-state index in [0.717, 1.165) is 46.7 Å². The van der Waals surface area contributed by atoms with Gasteiger partial charge < -0.3 is 15.5 Å². The summed E-state index contributed by atoms with van der Waals surface area (Å²) in [6.45, 7) is 4.86. The monoisotopic (exact) mass is 666 g/mol. The summed E-state index contributed by atoms with van der Waals surface area (Å²) in [5.74, 6) is -0.480. The molecule has 0 atom stereocenters. The average molecular weight is 667 g/mol. The number of piperazine rings is 1. The SMILES string of the molecule is CCN1CCN(c2ccc(Nc3nccc(-c4c(-c5cccc(NC(=O)c6ccc(F)cc6Cl)c5)nc5sccn45)n3)cc2)C(=O)C1. The van der Waals surface area contributed by atoms with Crippen LogP contribution in [0.2, 0.25) is 5.02 Å². The zero-order chi connectivity index (χ0) is 32.5. The third-order valence-electron chi connectivity index (χ3n) is 7.91. The van der Waals surface area contributed by atoms with E-state index in [1.165, 1.54) is 23.5 Å². The lowest BCUT2D eigenvalue weighted by Crippen LogP contribution is -2.50. The Kier molecular flexibility index (Phi) is 8.37. The molecule has 7 rings (SSSR count). The van der Waals surface area contributed by atoms with Gasteiger partial charge in [0, 0.05) is 53.5 Å². The third-order valence-corrected chi connectivity index (χ3v) is 8.98. The van der Waals surface area contributed by atoms with E-state index < -0.39 is 11.7 Å². The van der Waals surface area contributed by atoms with Crippen LogP contribution in [0.4, 0.5) is 27.4 Å². The number of imidazole rings is 1. The van der Waals surface area contributed by atoms with Gasteiger partial charge in [-0.2, -0.15) is 0 Å². The number of nitrogens with one attached hydrogen (secondary N) is 2. The Morgan fingerprint density at radius 1 is 1.02 bits per heavy atom. The molecule has 3 aromatic heterocycles. The van der Waals surface area contributed by atoms with Crippen LogP contribution < -0.4 is 15.5 Å². The van der Waals surface area contributed by atoms with Gasteiger partial charge in [0.05, 0.1) is 28.5 Å². The van der Waals surface area contributed by atoms with Gasteiger partial charge in [0.25, 0.3) is 5.91 Å². The van der Waals surface area contributed by atoms with Crippen LogP contribution in [0.25, 0.3) is 27.6 Å². The molecule has 4 heterocycles. The lowest BCUT2D eigenvalue weighted by Gasteiger charge is -2.33. The second kappa shape index (κ2) is 12.9. The van der Waals surface area contributed by atoms with Crippen molar-refractivity contribution in [3.63, 3.8) is 0 Å². The first kappa shape index (κ1) is 30.5. The number of anilines is 4. The molecule has 0 spiro atoms. The number of benzene rings is 3. The highest BCUT2D eigenvalue weighted by molar-refractivity contribution is 7.15. The van der Waals surface area contributed by atoms with Crippen LogP contribution in [0.3, 0.4) is 0 Å². The van der Waals surface area contributed by atoms with Crippen molar-refractivity contribution >= 4 is 62.7 Å². The summed E-state index contributed by atoms with van der Waals surface area (Å²) in [6.07, 6.45) is 3.62. The van der Waals surface area contributed by atoms with Crippen molar-refractivity contribution in [2.75, 3.05) is 41.7 Å². The number of likely N-dealkylation sites (N-methyl/N-ethyl adjacent to an activating group) is 1. The Morgan fingerprint density at radius 3 is 2.66 bits per heavy atom. The van der Waals surface area contributed by atoms with Gasteiger partial charge in [-0.25, -0.2) is 19.3 Å². The van der Waals surface area contributed by atoms with E-state index in [0.29, 0.717) is 36.1 Å². The van der Waals surface area contributed by atoms with Crippen molar-refractivity contribution in [1.82, 2.24) is 24.3 Å². The zero-order valence-corrected chi connectivity index (χ0v) is 26.7. The molecule has 1 aliphatic heterocycles. The maximum Gasteiger partial charge on any atom is 0.257 e. The molecule has 2 N–H and O–H groups in total. The van der Waals surface area contributed by atoms with Crippen molar-refractivity contribution in [2.24, 2.45) is 0 Å². The quantitative estimate of drug-likeness (QED) is 0.181. The van der Waals surface area contributed by atoms with Gasteiger partial charge in [-0.05, 0) is 67.2 Å². The highest BCUT2D eigenvalue weighted by atomic mass is 35.5. The molecular formula is C34H28ClFN8O2S. The van der Waals surface area contributed by atoms with Crippen molar-refractivity contribution < 1.29 is 14.0 Å². The highest BCUT2D eigenvalue weighted by Gasteiger charge is 2.24. The predicted molar refractivity (Wildman–Crippen MR) is 183 cm³/mol. The molecule has 47 heavy (non-hydrogen) atoms. The number of hydrogen-bond acceptors (Lipinski definition) is 8. The number of amides is 2. The number of carbonyl (C=O) groups is 2. The minimum Gasteiger partial charge on any atom is -0.324 e. The van der Waals surface area contributed by atoms with Gasteiger partial charge >= 0.3 is 0 Å². The summed E-state index contributed by atoms with van der Waals surface area (Å²) in [5, 5.41) is 8.10. The Balaban J connectivity index is 1.14. The fourth-order valence-corrected chi connectivity index (χ4v) is 6.48. The predicted octanol–water partition coefficient (Wildman–Crippen LogP) is 6.98. The number of hydrogen-bond donors (Lipinski definition) is 2. The molecular weight excluding hydrogens is 639 g/mol. The molecule has 0 unspecified atom stereocenters. The summed E-state index contributed by atoms with van der Waals surface area (Å²) in [7, 11) is 0. The second-order valence-corrected chi connectivity index (χ2v) is 12.2. The van der Waals surface area contributed by atoms with Crippen LogP contribution in [0.1, 0.15) is 17.3 Å². The van der Waals surface area contributed by atoms with E-state index in [1.807, 2.05) is 69.4 Å². The fourth-order valence-electron chi connectivity index (χ4n) is 5.52. The first-order chi connectivity index (χ1) is 22.9. The van der Waals surface area contributed by atoms with E-state index in [-0.39, 0.29) is 16.5 Å². The molecule has 2 amide bonds. The molecule has 236 valence electrons.